The molecule has 1 aliphatic carbocycles. The van der Waals surface area contributed by atoms with Gasteiger partial charge in [0.25, 0.3) is 0 Å². The smallest absolute Gasteiger partial charge is 0.306 e. The Kier molecular flexibility index (Phi) is 7.10. The predicted molar refractivity (Wildman–Crippen MR) is 102 cm³/mol. The summed E-state index contributed by atoms with van der Waals surface area (Å²) in [6.45, 7) is 8.34. The molecule has 5 heteroatoms. The molecule has 1 aliphatic rings. The van der Waals surface area contributed by atoms with Crippen molar-refractivity contribution in [3.63, 3.8) is 0 Å². The first kappa shape index (κ1) is 20.8. The third-order valence-corrected chi connectivity index (χ3v) is 4.97. The molecule has 2 rings (SSSR count). The molecule has 0 heterocycles. The summed E-state index contributed by atoms with van der Waals surface area (Å²) in [7, 11) is 0. The van der Waals surface area contributed by atoms with Crippen LogP contribution in [-0.2, 0) is 51.5 Å². The average Bonchev–Trinajstić information content (AvgIpc) is 2.86. The minimum atomic E-state index is -0.299. The van der Waals surface area contributed by atoms with Crippen molar-refractivity contribution in [1.82, 2.24) is 0 Å². The van der Waals surface area contributed by atoms with Crippen LogP contribution in [0.15, 0.2) is 6.07 Å². The zero-order chi connectivity index (χ0) is 19.3. The third kappa shape index (κ3) is 5.23. The number of carbonyl (C=O) groups is 2. The summed E-state index contributed by atoms with van der Waals surface area (Å²) >= 11 is 6.05. The van der Waals surface area contributed by atoms with Crippen molar-refractivity contribution < 1.29 is 19.1 Å². The Balaban J connectivity index is 2.41. The van der Waals surface area contributed by atoms with Gasteiger partial charge in [0.05, 0.1) is 0 Å². The molecule has 0 saturated carbocycles. The van der Waals surface area contributed by atoms with Gasteiger partial charge in [0.1, 0.15) is 13.2 Å². The first-order chi connectivity index (χ1) is 12.3. The van der Waals surface area contributed by atoms with E-state index < -0.39 is 0 Å². The lowest BCUT2D eigenvalue weighted by atomic mass is 9.89. The highest BCUT2D eigenvalue weighted by atomic mass is 35.5. The standard InChI is InChI=1S/C21H29ClO4/c1-5-6-20(24)26-12-16-9-15-10-21(3,4)11-18(15)19(13-25-14(2)23)17(16)7-8-22/h9H,5-8,10-13H2,1-4H3. The summed E-state index contributed by atoms with van der Waals surface area (Å²) < 4.78 is 10.8. The van der Waals surface area contributed by atoms with Crippen LogP contribution in [0.3, 0.4) is 0 Å². The Morgan fingerprint density at radius 2 is 1.88 bits per heavy atom. The van der Waals surface area contributed by atoms with E-state index in [9.17, 15) is 9.59 Å². The Morgan fingerprint density at radius 3 is 2.50 bits per heavy atom. The monoisotopic (exact) mass is 380 g/mol. The van der Waals surface area contributed by atoms with Gasteiger partial charge in [-0.25, -0.2) is 0 Å². The Hall–Kier alpha value is -1.55. The van der Waals surface area contributed by atoms with Crippen molar-refractivity contribution in [2.75, 3.05) is 5.88 Å². The fraction of sp³-hybridized carbons (Fsp3) is 0.619. The molecule has 0 spiro atoms. The van der Waals surface area contributed by atoms with Crippen molar-refractivity contribution in [3.8, 4) is 0 Å². The van der Waals surface area contributed by atoms with Crippen LogP contribution in [-0.4, -0.2) is 17.8 Å². The van der Waals surface area contributed by atoms with Crippen molar-refractivity contribution in [2.24, 2.45) is 5.41 Å². The van der Waals surface area contributed by atoms with Gasteiger partial charge < -0.3 is 9.47 Å². The normalized spacial score (nSPS) is 14.8. The van der Waals surface area contributed by atoms with Crippen LogP contribution in [0.25, 0.3) is 0 Å². The van der Waals surface area contributed by atoms with Gasteiger partial charge >= 0.3 is 11.9 Å². The molecule has 0 atom stereocenters. The molecule has 0 unspecified atom stereocenters. The molecular formula is C21H29ClO4. The summed E-state index contributed by atoms with van der Waals surface area (Å²) in [6.07, 6.45) is 3.76. The lowest BCUT2D eigenvalue weighted by Crippen LogP contribution is -2.13. The van der Waals surface area contributed by atoms with Crippen LogP contribution in [0.2, 0.25) is 0 Å². The molecule has 0 saturated heterocycles. The summed E-state index contributed by atoms with van der Waals surface area (Å²) in [6, 6.07) is 2.16. The molecule has 0 radical (unpaired) electrons. The van der Waals surface area contributed by atoms with E-state index >= 15 is 0 Å². The van der Waals surface area contributed by atoms with Crippen LogP contribution < -0.4 is 0 Å². The second-order valence-corrected chi connectivity index (χ2v) is 8.16. The molecule has 1 aromatic rings. The fourth-order valence-corrected chi connectivity index (χ4v) is 3.90. The van der Waals surface area contributed by atoms with Crippen molar-refractivity contribution in [1.29, 1.82) is 0 Å². The highest BCUT2D eigenvalue weighted by molar-refractivity contribution is 6.18. The predicted octanol–water partition coefficient (Wildman–Crippen LogP) is 4.50. The van der Waals surface area contributed by atoms with Crippen LogP contribution in [0.5, 0.6) is 0 Å². The lowest BCUT2D eigenvalue weighted by Gasteiger charge is -2.19. The van der Waals surface area contributed by atoms with E-state index in [0.717, 1.165) is 36.0 Å². The maximum absolute atomic E-state index is 11.8. The molecule has 144 valence electrons. The third-order valence-electron chi connectivity index (χ3n) is 4.78. The zero-order valence-electron chi connectivity index (χ0n) is 16.2. The largest absolute Gasteiger partial charge is 0.461 e. The van der Waals surface area contributed by atoms with Crippen LogP contribution in [0, 0.1) is 5.41 Å². The number of rotatable bonds is 8. The number of esters is 2. The van der Waals surface area contributed by atoms with Crippen LogP contribution in [0.1, 0.15) is 68.4 Å². The van der Waals surface area contributed by atoms with Gasteiger partial charge in [0.2, 0.25) is 0 Å². The van der Waals surface area contributed by atoms with Crippen molar-refractivity contribution in [3.05, 3.63) is 33.9 Å². The SMILES string of the molecule is CCCC(=O)OCc1cc2c(c(COC(C)=O)c1CCCl)CC(C)(C)C2. The van der Waals surface area contributed by atoms with Crippen LogP contribution >= 0.6 is 11.6 Å². The molecule has 0 bridgehead atoms. The number of hydrogen-bond acceptors (Lipinski definition) is 4. The molecule has 0 aromatic heterocycles. The number of alkyl halides is 1. The van der Waals surface area contributed by atoms with Gasteiger partial charge in [0, 0.05) is 19.2 Å². The number of halogens is 1. The van der Waals surface area contributed by atoms with E-state index in [0.29, 0.717) is 18.7 Å². The summed E-state index contributed by atoms with van der Waals surface area (Å²) in [5.74, 6) is -0.0233. The topological polar surface area (TPSA) is 52.6 Å². The van der Waals surface area contributed by atoms with Gasteiger partial charge in [0.15, 0.2) is 0 Å². The highest BCUT2D eigenvalue weighted by Gasteiger charge is 2.32. The molecular weight excluding hydrogens is 352 g/mol. The van der Waals surface area contributed by atoms with E-state index in [1.54, 1.807) is 0 Å². The van der Waals surface area contributed by atoms with Gasteiger partial charge in [-0.3, -0.25) is 9.59 Å². The molecule has 0 aliphatic heterocycles. The van der Waals surface area contributed by atoms with E-state index in [1.165, 1.54) is 18.1 Å². The molecule has 0 amide bonds. The van der Waals surface area contributed by atoms with E-state index in [-0.39, 0.29) is 30.6 Å². The van der Waals surface area contributed by atoms with Crippen LogP contribution in [0.4, 0.5) is 0 Å². The van der Waals surface area contributed by atoms with E-state index in [4.69, 9.17) is 21.1 Å². The number of fused-ring (bicyclic) bond motifs is 1. The summed E-state index contributed by atoms with van der Waals surface area (Å²) in [5.41, 5.74) is 5.78. The van der Waals surface area contributed by atoms with Gasteiger partial charge in [-0.2, -0.15) is 0 Å². The van der Waals surface area contributed by atoms with E-state index in [2.05, 4.69) is 19.9 Å². The van der Waals surface area contributed by atoms with Gasteiger partial charge in [-0.1, -0.05) is 26.8 Å². The maximum Gasteiger partial charge on any atom is 0.306 e. The Morgan fingerprint density at radius 1 is 1.15 bits per heavy atom. The minimum Gasteiger partial charge on any atom is -0.461 e. The van der Waals surface area contributed by atoms with Crippen molar-refractivity contribution >= 4 is 23.5 Å². The molecule has 26 heavy (non-hydrogen) atoms. The number of hydrogen-bond donors (Lipinski definition) is 0. The molecule has 0 fully saturated rings. The number of carbonyl (C=O) groups excluding carboxylic acids is 2. The van der Waals surface area contributed by atoms with Gasteiger partial charge in [-0.15, -0.1) is 11.6 Å². The zero-order valence-corrected chi connectivity index (χ0v) is 17.0. The molecule has 0 N–H and O–H groups in total. The Labute approximate surface area is 161 Å². The summed E-state index contributed by atoms with van der Waals surface area (Å²) in [4.78, 5) is 23.2. The first-order valence-corrected chi connectivity index (χ1v) is 9.81. The fourth-order valence-electron chi connectivity index (χ4n) is 3.71. The molecule has 4 nitrogen and oxygen atoms in total. The second-order valence-electron chi connectivity index (χ2n) is 7.78. The Bertz CT molecular complexity index is 679. The maximum atomic E-state index is 11.8. The van der Waals surface area contributed by atoms with E-state index in [1.807, 2.05) is 6.92 Å². The van der Waals surface area contributed by atoms with Crippen molar-refractivity contribution in [2.45, 2.75) is 73.0 Å². The molecule has 1 aromatic carbocycles. The van der Waals surface area contributed by atoms with Gasteiger partial charge in [-0.05, 0) is 58.9 Å². The quantitative estimate of drug-likeness (QED) is 0.492. The number of ether oxygens (including phenoxy) is 2. The minimum absolute atomic E-state index is 0.170. The lowest BCUT2D eigenvalue weighted by molar-refractivity contribution is -0.145. The second kappa shape index (κ2) is 8.90. The first-order valence-electron chi connectivity index (χ1n) is 9.27. The highest BCUT2D eigenvalue weighted by Crippen LogP contribution is 2.40. The average molecular weight is 381 g/mol. The summed E-state index contributed by atoms with van der Waals surface area (Å²) in [5, 5.41) is 0. The number of benzene rings is 1.